The zero-order valence-electron chi connectivity index (χ0n) is 7.54. The van der Waals surface area contributed by atoms with E-state index in [4.69, 9.17) is 11.6 Å². The standard InChI is InChI=1S/C11H6ClFOS/c12-8-1-2-9(10(13)4-8)11-3-7(5-14)6-15-11/h1-6H. The van der Waals surface area contributed by atoms with E-state index in [1.807, 2.05) is 0 Å². The van der Waals surface area contributed by atoms with Gasteiger partial charge in [0.2, 0.25) is 0 Å². The molecule has 15 heavy (non-hydrogen) atoms. The van der Waals surface area contributed by atoms with Gasteiger partial charge in [0, 0.05) is 26.4 Å². The van der Waals surface area contributed by atoms with Gasteiger partial charge >= 0.3 is 0 Å². The van der Waals surface area contributed by atoms with E-state index in [2.05, 4.69) is 0 Å². The van der Waals surface area contributed by atoms with Gasteiger partial charge in [-0.25, -0.2) is 4.39 Å². The lowest BCUT2D eigenvalue weighted by atomic mass is 10.1. The quantitative estimate of drug-likeness (QED) is 0.725. The minimum atomic E-state index is -0.373. The molecular formula is C11H6ClFOS. The van der Waals surface area contributed by atoms with E-state index in [1.165, 1.54) is 17.4 Å². The smallest absolute Gasteiger partial charge is 0.150 e. The van der Waals surface area contributed by atoms with Crippen molar-refractivity contribution in [3.8, 4) is 10.4 Å². The number of aldehydes is 1. The third-order valence-corrected chi connectivity index (χ3v) is 3.17. The molecule has 0 aliphatic rings. The Kier molecular flexibility index (Phi) is 2.84. The van der Waals surface area contributed by atoms with Gasteiger partial charge in [0.1, 0.15) is 5.82 Å². The molecule has 0 unspecified atom stereocenters. The summed E-state index contributed by atoms with van der Waals surface area (Å²) in [5.41, 5.74) is 1.03. The Morgan fingerprint density at radius 3 is 2.73 bits per heavy atom. The van der Waals surface area contributed by atoms with Crippen LogP contribution in [0.5, 0.6) is 0 Å². The van der Waals surface area contributed by atoms with Crippen LogP contribution in [0.2, 0.25) is 5.02 Å². The minimum absolute atomic E-state index is 0.364. The molecule has 1 aromatic heterocycles. The van der Waals surface area contributed by atoms with Gasteiger partial charge in [0.05, 0.1) is 0 Å². The number of carbonyl (C=O) groups excluding carboxylic acids is 1. The summed E-state index contributed by atoms with van der Waals surface area (Å²) in [6.07, 6.45) is 0.744. The van der Waals surface area contributed by atoms with Crippen molar-refractivity contribution in [1.29, 1.82) is 0 Å². The Bertz CT molecular complexity index is 507. The molecule has 0 spiro atoms. The summed E-state index contributed by atoms with van der Waals surface area (Å²) in [6, 6.07) is 6.15. The normalized spacial score (nSPS) is 10.3. The first-order valence-corrected chi connectivity index (χ1v) is 5.45. The van der Waals surface area contributed by atoms with Crippen LogP contribution in [0.15, 0.2) is 29.6 Å². The Morgan fingerprint density at radius 1 is 1.33 bits per heavy atom. The average molecular weight is 241 g/mol. The predicted octanol–water partition coefficient (Wildman–Crippen LogP) is 4.02. The fourth-order valence-electron chi connectivity index (χ4n) is 1.24. The third-order valence-electron chi connectivity index (χ3n) is 1.95. The van der Waals surface area contributed by atoms with Gasteiger partial charge in [0.15, 0.2) is 6.29 Å². The summed E-state index contributed by atoms with van der Waals surface area (Å²) < 4.78 is 13.5. The molecule has 2 aromatic rings. The zero-order chi connectivity index (χ0) is 10.8. The van der Waals surface area contributed by atoms with Crippen molar-refractivity contribution in [1.82, 2.24) is 0 Å². The summed E-state index contributed by atoms with van der Waals surface area (Å²) >= 11 is 6.98. The monoisotopic (exact) mass is 240 g/mol. The van der Waals surface area contributed by atoms with Gasteiger partial charge in [-0.15, -0.1) is 11.3 Å². The van der Waals surface area contributed by atoms with Gasteiger partial charge in [-0.2, -0.15) is 0 Å². The lowest BCUT2D eigenvalue weighted by molar-refractivity contribution is 0.112. The maximum absolute atomic E-state index is 13.5. The van der Waals surface area contributed by atoms with E-state index >= 15 is 0 Å². The van der Waals surface area contributed by atoms with Crippen molar-refractivity contribution >= 4 is 29.2 Å². The highest BCUT2D eigenvalue weighted by Crippen LogP contribution is 2.30. The second-order valence-corrected chi connectivity index (χ2v) is 4.33. The number of hydrogen-bond donors (Lipinski definition) is 0. The maximum Gasteiger partial charge on any atom is 0.150 e. The summed E-state index contributed by atoms with van der Waals surface area (Å²) in [5, 5.41) is 2.06. The molecule has 0 saturated carbocycles. The molecule has 76 valence electrons. The molecule has 2 rings (SSSR count). The van der Waals surface area contributed by atoms with E-state index < -0.39 is 0 Å². The summed E-state index contributed by atoms with van der Waals surface area (Å²) in [4.78, 5) is 11.2. The Balaban J connectivity index is 2.49. The molecule has 4 heteroatoms. The zero-order valence-corrected chi connectivity index (χ0v) is 9.11. The fraction of sp³-hybridized carbons (Fsp3) is 0. The first-order chi connectivity index (χ1) is 7.20. The van der Waals surface area contributed by atoms with E-state index in [0.29, 0.717) is 16.1 Å². The molecule has 0 aliphatic heterocycles. The maximum atomic E-state index is 13.5. The number of halogens is 2. The number of thiophene rings is 1. The predicted molar refractivity (Wildman–Crippen MR) is 60.1 cm³/mol. The highest BCUT2D eigenvalue weighted by Gasteiger charge is 2.08. The van der Waals surface area contributed by atoms with E-state index in [1.54, 1.807) is 23.6 Å². The van der Waals surface area contributed by atoms with Crippen molar-refractivity contribution in [3.63, 3.8) is 0 Å². The molecular weight excluding hydrogens is 235 g/mol. The molecule has 0 saturated heterocycles. The van der Waals surface area contributed by atoms with Crippen molar-refractivity contribution in [2.24, 2.45) is 0 Å². The molecule has 0 atom stereocenters. The van der Waals surface area contributed by atoms with Crippen molar-refractivity contribution in [3.05, 3.63) is 46.0 Å². The second kappa shape index (κ2) is 4.13. The number of benzene rings is 1. The summed E-state index contributed by atoms with van der Waals surface area (Å²) in [6.45, 7) is 0. The Labute approximate surface area is 95.1 Å². The van der Waals surface area contributed by atoms with Crippen LogP contribution in [0.3, 0.4) is 0 Å². The largest absolute Gasteiger partial charge is 0.298 e. The third kappa shape index (κ3) is 2.08. The second-order valence-electron chi connectivity index (χ2n) is 2.99. The Morgan fingerprint density at radius 2 is 2.13 bits per heavy atom. The van der Waals surface area contributed by atoms with Gasteiger partial charge in [-0.3, -0.25) is 4.79 Å². The van der Waals surface area contributed by atoms with E-state index in [-0.39, 0.29) is 5.82 Å². The van der Waals surface area contributed by atoms with Gasteiger partial charge < -0.3 is 0 Å². The number of rotatable bonds is 2. The fourth-order valence-corrected chi connectivity index (χ4v) is 2.29. The van der Waals surface area contributed by atoms with Gasteiger partial charge in [0.25, 0.3) is 0 Å². The van der Waals surface area contributed by atoms with E-state index in [9.17, 15) is 9.18 Å². The van der Waals surface area contributed by atoms with Crippen molar-refractivity contribution < 1.29 is 9.18 Å². The van der Waals surface area contributed by atoms with Crippen molar-refractivity contribution in [2.45, 2.75) is 0 Å². The highest BCUT2D eigenvalue weighted by molar-refractivity contribution is 7.13. The van der Waals surface area contributed by atoms with Crippen LogP contribution in [-0.2, 0) is 0 Å². The molecule has 1 nitrogen and oxygen atoms in total. The first-order valence-electron chi connectivity index (χ1n) is 4.20. The molecule has 0 fully saturated rings. The topological polar surface area (TPSA) is 17.1 Å². The SMILES string of the molecule is O=Cc1csc(-c2ccc(Cl)cc2F)c1. The average Bonchev–Trinajstić information content (AvgIpc) is 2.66. The van der Waals surface area contributed by atoms with Crippen LogP contribution in [0, 0.1) is 5.82 Å². The number of hydrogen-bond acceptors (Lipinski definition) is 2. The van der Waals surface area contributed by atoms with Crippen LogP contribution >= 0.6 is 22.9 Å². The first kappa shape index (κ1) is 10.3. The summed E-state index contributed by atoms with van der Waals surface area (Å²) in [7, 11) is 0. The van der Waals surface area contributed by atoms with Gasteiger partial charge in [-0.1, -0.05) is 11.6 Å². The lowest BCUT2D eigenvalue weighted by Crippen LogP contribution is -1.80. The van der Waals surface area contributed by atoms with Crippen LogP contribution in [-0.4, -0.2) is 6.29 Å². The number of carbonyl (C=O) groups is 1. The lowest BCUT2D eigenvalue weighted by Gasteiger charge is -1.99. The molecule has 0 N–H and O–H groups in total. The van der Waals surface area contributed by atoms with Crippen molar-refractivity contribution in [2.75, 3.05) is 0 Å². The minimum Gasteiger partial charge on any atom is -0.298 e. The molecule has 0 radical (unpaired) electrons. The van der Waals surface area contributed by atoms with Gasteiger partial charge in [-0.05, 0) is 24.3 Å². The molecule has 0 bridgehead atoms. The van der Waals surface area contributed by atoms with Crippen LogP contribution in [0.1, 0.15) is 10.4 Å². The molecule has 1 heterocycles. The van der Waals surface area contributed by atoms with E-state index in [0.717, 1.165) is 11.2 Å². The molecule has 1 aromatic carbocycles. The molecule has 0 amide bonds. The van der Waals surface area contributed by atoms with Crippen LogP contribution in [0.25, 0.3) is 10.4 Å². The Hall–Kier alpha value is -1.19. The molecule has 0 aliphatic carbocycles. The summed E-state index contributed by atoms with van der Waals surface area (Å²) in [5.74, 6) is -0.373. The highest BCUT2D eigenvalue weighted by atomic mass is 35.5. The van der Waals surface area contributed by atoms with Crippen LogP contribution < -0.4 is 0 Å². The van der Waals surface area contributed by atoms with Crippen LogP contribution in [0.4, 0.5) is 4.39 Å².